The van der Waals surface area contributed by atoms with Crippen molar-refractivity contribution in [1.29, 1.82) is 0 Å². The Morgan fingerprint density at radius 1 is 1.31 bits per heavy atom. The number of fused-ring (bicyclic) bond motifs is 1. The van der Waals surface area contributed by atoms with Crippen LogP contribution < -0.4 is 10.2 Å². The highest BCUT2D eigenvalue weighted by Crippen LogP contribution is 2.32. The molecule has 2 aliphatic rings. The van der Waals surface area contributed by atoms with E-state index in [0.29, 0.717) is 0 Å². The van der Waals surface area contributed by atoms with Crippen LogP contribution >= 0.6 is 11.3 Å². The molecular formula is C10H14N2S. The van der Waals surface area contributed by atoms with Gasteiger partial charge in [0.25, 0.3) is 0 Å². The fourth-order valence-corrected chi connectivity index (χ4v) is 3.24. The van der Waals surface area contributed by atoms with Gasteiger partial charge in [0, 0.05) is 26.2 Å². The van der Waals surface area contributed by atoms with Crippen LogP contribution in [0.5, 0.6) is 0 Å². The van der Waals surface area contributed by atoms with E-state index in [4.69, 9.17) is 0 Å². The molecule has 2 saturated heterocycles. The monoisotopic (exact) mass is 194 g/mol. The summed E-state index contributed by atoms with van der Waals surface area (Å²) in [5, 5.41) is 7.09. The highest BCUT2D eigenvalue weighted by molar-refractivity contribution is 7.14. The van der Waals surface area contributed by atoms with Gasteiger partial charge in [-0.05, 0) is 29.3 Å². The molecule has 3 heteroatoms. The Kier molecular flexibility index (Phi) is 1.80. The molecule has 0 spiro atoms. The van der Waals surface area contributed by atoms with Crippen LogP contribution in [0.1, 0.15) is 0 Å². The summed E-state index contributed by atoms with van der Waals surface area (Å²) in [7, 11) is 0. The van der Waals surface area contributed by atoms with Crippen molar-refractivity contribution in [3.05, 3.63) is 17.5 Å². The quantitative estimate of drug-likeness (QED) is 0.727. The average molecular weight is 194 g/mol. The molecule has 3 heterocycles. The van der Waals surface area contributed by atoms with E-state index in [1.807, 2.05) is 11.3 Å². The van der Waals surface area contributed by atoms with E-state index < -0.39 is 0 Å². The highest BCUT2D eigenvalue weighted by Gasteiger charge is 2.36. The minimum atomic E-state index is 0.905. The lowest BCUT2D eigenvalue weighted by Gasteiger charge is -2.16. The average Bonchev–Trinajstić information content (AvgIpc) is 2.78. The Labute approximate surface area is 82.6 Å². The first-order chi connectivity index (χ1) is 6.43. The standard InChI is InChI=1S/C10H14N2S/c1-2-10(13-3-1)12-6-8-4-11-5-9(8)7-12/h1-3,8-9,11H,4-7H2. The molecule has 2 fully saturated rings. The molecule has 0 bridgehead atoms. The van der Waals surface area contributed by atoms with Gasteiger partial charge < -0.3 is 10.2 Å². The Balaban J connectivity index is 1.76. The zero-order valence-corrected chi connectivity index (χ0v) is 8.39. The predicted octanol–water partition coefficient (Wildman–Crippen LogP) is 1.40. The minimum Gasteiger partial charge on any atom is -0.363 e. The summed E-state index contributed by atoms with van der Waals surface area (Å²) in [4.78, 5) is 2.54. The van der Waals surface area contributed by atoms with E-state index in [1.165, 1.54) is 31.2 Å². The third-order valence-electron chi connectivity index (χ3n) is 3.21. The molecule has 1 aromatic rings. The van der Waals surface area contributed by atoms with Gasteiger partial charge in [-0.1, -0.05) is 0 Å². The Morgan fingerprint density at radius 2 is 2.08 bits per heavy atom. The summed E-state index contributed by atoms with van der Waals surface area (Å²) in [6, 6.07) is 4.38. The molecule has 2 nitrogen and oxygen atoms in total. The number of thiophene rings is 1. The van der Waals surface area contributed by atoms with Crippen LogP contribution in [0, 0.1) is 11.8 Å². The summed E-state index contributed by atoms with van der Waals surface area (Å²) in [6.45, 7) is 4.98. The summed E-state index contributed by atoms with van der Waals surface area (Å²) in [5.41, 5.74) is 0. The van der Waals surface area contributed by atoms with Crippen molar-refractivity contribution < 1.29 is 0 Å². The summed E-state index contributed by atoms with van der Waals surface area (Å²) < 4.78 is 0. The van der Waals surface area contributed by atoms with Gasteiger partial charge in [0.05, 0.1) is 5.00 Å². The maximum atomic E-state index is 3.47. The van der Waals surface area contributed by atoms with Crippen LogP contribution in [-0.4, -0.2) is 26.2 Å². The first-order valence-electron chi connectivity index (χ1n) is 4.92. The third-order valence-corrected chi connectivity index (χ3v) is 4.14. The predicted molar refractivity (Wildman–Crippen MR) is 56.4 cm³/mol. The molecule has 0 amide bonds. The maximum Gasteiger partial charge on any atom is 0.0908 e. The summed E-state index contributed by atoms with van der Waals surface area (Å²) >= 11 is 1.86. The van der Waals surface area contributed by atoms with E-state index >= 15 is 0 Å². The van der Waals surface area contributed by atoms with E-state index in [9.17, 15) is 0 Å². The number of nitrogens with zero attached hydrogens (tertiary/aromatic N) is 1. The topological polar surface area (TPSA) is 15.3 Å². The van der Waals surface area contributed by atoms with Crippen LogP contribution in [0.3, 0.4) is 0 Å². The fourth-order valence-electron chi connectivity index (χ4n) is 2.49. The molecule has 1 aromatic heterocycles. The van der Waals surface area contributed by atoms with Crippen molar-refractivity contribution >= 4 is 16.3 Å². The zero-order valence-electron chi connectivity index (χ0n) is 7.57. The van der Waals surface area contributed by atoms with Crippen molar-refractivity contribution in [1.82, 2.24) is 5.32 Å². The number of nitrogens with one attached hydrogen (secondary N) is 1. The van der Waals surface area contributed by atoms with Gasteiger partial charge in [-0.25, -0.2) is 0 Å². The highest BCUT2D eigenvalue weighted by atomic mass is 32.1. The van der Waals surface area contributed by atoms with Gasteiger partial charge in [0.2, 0.25) is 0 Å². The second-order valence-corrected chi connectivity index (χ2v) is 4.96. The van der Waals surface area contributed by atoms with Crippen molar-refractivity contribution in [2.45, 2.75) is 0 Å². The van der Waals surface area contributed by atoms with Crippen LogP contribution in [-0.2, 0) is 0 Å². The van der Waals surface area contributed by atoms with Crippen molar-refractivity contribution in [2.24, 2.45) is 11.8 Å². The van der Waals surface area contributed by atoms with Crippen molar-refractivity contribution in [2.75, 3.05) is 31.1 Å². The molecule has 1 N–H and O–H groups in total. The lowest BCUT2D eigenvalue weighted by molar-refractivity contribution is 0.533. The van der Waals surface area contributed by atoms with Gasteiger partial charge in [-0.15, -0.1) is 11.3 Å². The molecular weight excluding hydrogens is 180 g/mol. The Hall–Kier alpha value is -0.540. The molecule has 2 atom stereocenters. The van der Waals surface area contributed by atoms with E-state index in [0.717, 1.165) is 11.8 Å². The first kappa shape index (κ1) is 7.83. The zero-order chi connectivity index (χ0) is 8.67. The van der Waals surface area contributed by atoms with Gasteiger partial charge in [-0.2, -0.15) is 0 Å². The van der Waals surface area contributed by atoms with E-state index in [1.54, 1.807) is 0 Å². The molecule has 0 saturated carbocycles. The lowest BCUT2D eigenvalue weighted by Crippen LogP contribution is -2.24. The van der Waals surface area contributed by atoms with Crippen molar-refractivity contribution in [3.63, 3.8) is 0 Å². The smallest absolute Gasteiger partial charge is 0.0908 e. The van der Waals surface area contributed by atoms with Crippen molar-refractivity contribution in [3.8, 4) is 0 Å². The van der Waals surface area contributed by atoms with Crippen LogP contribution in [0.4, 0.5) is 5.00 Å². The Morgan fingerprint density at radius 3 is 2.69 bits per heavy atom. The first-order valence-corrected chi connectivity index (χ1v) is 5.80. The van der Waals surface area contributed by atoms with Crippen LogP contribution in [0.15, 0.2) is 17.5 Å². The van der Waals surface area contributed by atoms with Gasteiger partial charge in [-0.3, -0.25) is 0 Å². The van der Waals surface area contributed by atoms with E-state index in [2.05, 4.69) is 27.7 Å². The molecule has 0 aliphatic carbocycles. The van der Waals surface area contributed by atoms with Gasteiger partial charge in [0.15, 0.2) is 0 Å². The third kappa shape index (κ3) is 1.27. The maximum absolute atomic E-state index is 3.47. The van der Waals surface area contributed by atoms with Gasteiger partial charge in [0.1, 0.15) is 0 Å². The molecule has 2 aliphatic heterocycles. The molecule has 2 unspecified atom stereocenters. The minimum absolute atomic E-state index is 0.905. The largest absolute Gasteiger partial charge is 0.363 e. The molecule has 70 valence electrons. The van der Waals surface area contributed by atoms with Crippen LogP contribution in [0.25, 0.3) is 0 Å². The normalized spacial score (nSPS) is 32.5. The molecule has 3 rings (SSSR count). The number of hydrogen-bond donors (Lipinski definition) is 1. The van der Waals surface area contributed by atoms with Crippen LogP contribution in [0.2, 0.25) is 0 Å². The lowest BCUT2D eigenvalue weighted by atomic mass is 10.0. The second kappa shape index (κ2) is 3.00. The second-order valence-electron chi connectivity index (χ2n) is 4.03. The molecule has 0 radical (unpaired) electrons. The fraction of sp³-hybridized carbons (Fsp3) is 0.600. The number of rotatable bonds is 1. The Bertz CT molecular complexity index is 271. The van der Waals surface area contributed by atoms with E-state index in [-0.39, 0.29) is 0 Å². The van der Waals surface area contributed by atoms with Gasteiger partial charge >= 0.3 is 0 Å². The molecule has 0 aromatic carbocycles. The number of anilines is 1. The summed E-state index contributed by atoms with van der Waals surface area (Å²) in [6.07, 6.45) is 0. The number of hydrogen-bond acceptors (Lipinski definition) is 3. The summed E-state index contributed by atoms with van der Waals surface area (Å²) in [5.74, 6) is 1.81. The SMILES string of the molecule is c1csc(N2CC3CNCC3C2)c1. The molecule has 13 heavy (non-hydrogen) atoms.